The molecule has 1 aliphatic heterocycles. The Labute approximate surface area is 132 Å². The second-order valence-electron chi connectivity index (χ2n) is 4.61. The molecule has 0 saturated heterocycles. The van der Waals surface area contributed by atoms with E-state index in [1.54, 1.807) is 24.3 Å². The van der Waals surface area contributed by atoms with E-state index in [1.165, 1.54) is 13.2 Å². The molecule has 0 bridgehead atoms. The molecule has 2 aromatic rings. The number of methoxy groups -OCH3 is 1. The summed E-state index contributed by atoms with van der Waals surface area (Å²) in [4.78, 5) is 12.2. The molecular formula is C16H13ClO5. The molecule has 0 saturated carbocycles. The molecule has 0 unspecified atom stereocenters. The number of rotatable bonds is 4. The van der Waals surface area contributed by atoms with E-state index in [2.05, 4.69) is 0 Å². The maximum Gasteiger partial charge on any atom is 0.342 e. The van der Waals surface area contributed by atoms with E-state index in [-0.39, 0.29) is 19.0 Å². The molecule has 5 nitrogen and oxygen atoms in total. The number of carbonyl (C=O) groups excluding carboxylic acids is 1. The molecule has 2 aromatic carbocycles. The highest BCUT2D eigenvalue weighted by Crippen LogP contribution is 2.32. The quantitative estimate of drug-likeness (QED) is 0.808. The molecule has 22 heavy (non-hydrogen) atoms. The maximum absolute atomic E-state index is 12.2. The Bertz CT molecular complexity index is 714. The molecule has 0 N–H and O–H groups in total. The van der Waals surface area contributed by atoms with Crippen molar-refractivity contribution >= 4 is 17.6 Å². The Morgan fingerprint density at radius 1 is 1.18 bits per heavy atom. The molecule has 0 atom stereocenters. The first-order chi connectivity index (χ1) is 10.7. The zero-order valence-corrected chi connectivity index (χ0v) is 12.6. The van der Waals surface area contributed by atoms with Crippen LogP contribution < -0.4 is 14.2 Å². The zero-order valence-electron chi connectivity index (χ0n) is 11.8. The Kier molecular flexibility index (Phi) is 4.06. The average Bonchev–Trinajstić information content (AvgIpc) is 3.00. The third-order valence-corrected chi connectivity index (χ3v) is 3.42. The molecule has 0 aromatic heterocycles. The smallest absolute Gasteiger partial charge is 0.342 e. The van der Waals surface area contributed by atoms with Crippen molar-refractivity contribution in [3.8, 4) is 17.2 Å². The summed E-state index contributed by atoms with van der Waals surface area (Å²) in [5.41, 5.74) is 1.09. The fraction of sp³-hybridized carbons (Fsp3) is 0.188. The lowest BCUT2D eigenvalue weighted by atomic mass is 10.2. The number of ether oxygens (including phenoxy) is 4. The summed E-state index contributed by atoms with van der Waals surface area (Å²) in [7, 11) is 1.48. The largest absolute Gasteiger partial charge is 0.496 e. The van der Waals surface area contributed by atoms with E-state index < -0.39 is 5.97 Å². The molecule has 0 aliphatic carbocycles. The van der Waals surface area contributed by atoms with Gasteiger partial charge in [0.15, 0.2) is 11.5 Å². The Morgan fingerprint density at radius 3 is 2.82 bits per heavy atom. The predicted molar refractivity (Wildman–Crippen MR) is 79.7 cm³/mol. The molecular weight excluding hydrogens is 308 g/mol. The van der Waals surface area contributed by atoms with Crippen LogP contribution in [0.4, 0.5) is 0 Å². The highest BCUT2D eigenvalue weighted by atomic mass is 35.5. The van der Waals surface area contributed by atoms with E-state index in [0.29, 0.717) is 22.3 Å². The first kappa shape index (κ1) is 14.5. The third kappa shape index (κ3) is 2.94. The van der Waals surface area contributed by atoms with Crippen LogP contribution in [-0.2, 0) is 11.3 Å². The van der Waals surface area contributed by atoms with Crippen LogP contribution in [0.2, 0.25) is 5.02 Å². The van der Waals surface area contributed by atoms with Crippen molar-refractivity contribution in [3.05, 3.63) is 52.5 Å². The number of fused-ring (bicyclic) bond motifs is 1. The summed E-state index contributed by atoms with van der Waals surface area (Å²) in [5, 5.41) is 0.441. The zero-order chi connectivity index (χ0) is 15.5. The fourth-order valence-electron chi connectivity index (χ4n) is 2.10. The van der Waals surface area contributed by atoms with Crippen LogP contribution >= 0.6 is 11.6 Å². The summed E-state index contributed by atoms with van der Waals surface area (Å²) in [6.45, 7) is 0.323. The minimum absolute atomic E-state index is 0.116. The number of benzene rings is 2. The molecule has 1 heterocycles. The second-order valence-corrected chi connectivity index (χ2v) is 5.04. The van der Waals surface area contributed by atoms with E-state index in [1.807, 2.05) is 6.07 Å². The minimum atomic E-state index is -0.503. The normalized spacial score (nSPS) is 12.1. The van der Waals surface area contributed by atoms with Gasteiger partial charge in [-0.05, 0) is 35.9 Å². The monoisotopic (exact) mass is 320 g/mol. The number of carbonyl (C=O) groups is 1. The van der Waals surface area contributed by atoms with E-state index in [9.17, 15) is 4.79 Å². The first-order valence-corrected chi connectivity index (χ1v) is 6.94. The summed E-state index contributed by atoms with van der Waals surface area (Å²) >= 11 is 5.91. The summed E-state index contributed by atoms with van der Waals surface area (Å²) in [5.74, 6) is 1.25. The number of esters is 1. The van der Waals surface area contributed by atoms with Gasteiger partial charge in [-0.15, -0.1) is 0 Å². The van der Waals surface area contributed by atoms with Crippen molar-refractivity contribution in [3.63, 3.8) is 0 Å². The van der Waals surface area contributed by atoms with Gasteiger partial charge in [0.05, 0.1) is 7.11 Å². The molecule has 0 fully saturated rings. The van der Waals surface area contributed by atoms with Crippen molar-refractivity contribution in [2.75, 3.05) is 13.9 Å². The molecule has 6 heteroatoms. The maximum atomic E-state index is 12.2. The van der Waals surface area contributed by atoms with Gasteiger partial charge in [0, 0.05) is 5.02 Å². The summed E-state index contributed by atoms with van der Waals surface area (Å²) in [6.07, 6.45) is 0. The molecule has 0 amide bonds. The predicted octanol–water partition coefficient (Wildman–Crippen LogP) is 3.43. The van der Waals surface area contributed by atoms with Crippen molar-refractivity contribution in [2.24, 2.45) is 0 Å². The minimum Gasteiger partial charge on any atom is -0.496 e. The SMILES string of the molecule is COc1ccc(Cl)cc1C(=O)OCc1ccc2c(c1)OCO2. The van der Waals surface area contributed by atoms with Crippen LogP contribution in [0.1, 0.15) is 15.9 Å². The lowest BCUT2D eigenvalue weighted by molar-refractivity contribution is 0.0469. The highest BCUT2D eigenvalue weighted by molar-refractivity contribution is 6.31. The number of hydrogen-bond acceptors (Lipinski definition) is 5. The molecule has 0 spiro atoms. The fourth-order valence-corrected chi connectivity index (χ4v) is 2.27. The number of halogens is 1. The van der Waals surface area contributed by atoms with Gasteiger partial charge in [0.25, 0.3) is 0 Å². The van der Waals surface area contributed by atoms with Gasteiger partial charge in [-0.1, -0.05) is 17.7 Å². The first-order valence-electron chi connectivity index (χ1n) is 6.56. The molecule has 1 aliphatic rings. The van der Waals surface area contributed by atoms with Crippen LogP contribution in [0.25, 0.3) is 0 Å². The van der Waals surface area contributed by atoms with Crippen molar-refractivity contribution in [2.45, 2.75) is 6.61 Å². The number of hydrogen-bond donors (Lipinski definition) is 0. The summed E-state index contributed by atoms with van der Waals surface area (Å²) in [6, 6.07) is 10.2. The Balaban J connectivity index is 1.71. The van der Waals surface area contributed by atoms with E-state index >= 15 is 0 Å². The Hall–Kier alpha value is -2.40. The van der Waals surface area contributed by atoms with Crippen LogP contribution in [0, 0.1) is 0 Å². The van der Waals surface area contributed by atoms with Gasteiger partial charge in [-0.25, -0.2) is 4.79 Å². The molecule has 114 valence electrons. The van der Waals surface area contributed by atoms with Gasteiger partial charge in [0.1, 0.15) is 17.9 Å². The molecule has 0 radical (unpaired) electrons. The van der Waals surface area contributed by atoms with Crippen LogP contribution in [0.15, 0.2) is 36.4 Å². The second kappa shape index (κ2) is 6.15. The third-order valence-electron chi connectivity index (χ3n) is 3.19. The van der Waals surface area contributed by atoms with Crippen molar-refractivity contribution < 1.29 is 23.7 Å². The van der Waals surface area contributed by atoms with Gasteiger partial charge in [-0.3, -0.25) is 0 Å². The van der Waals surface area contributed by atoms with Gasteiger partial charge in [0.2, 0.25) is 6.79 Å². The van der Waals surface area contributed by atoms with Gasteiger partial charge in [-0.2, -0.15) is 0 Å². The average molecular weight is 321 g/mol. The van der Waals surface area contributed by atoms with Crippen LogP contribution in [-0.4, -0.2) is 19.9 Å². The van der Waals surface area contributed by atoms with Gasteiger partial charge >= 0.3 is 5.97 Å². The van der Waals surface area contributed by atoms with Crippen LogP contribution in [0.3, 0.4) is 0 Å². The molecule has 3 rings (SSSR count). The lowest BCUT2D eigenvalue weighted by Gasteiger charge is -2.09. The lowest BCUT2D eigenvalue weighted by Crippen LogP contribution is -2.07. The van der Waals surface area contributed by atoms with Crippen LogP contribution in [0.5, 0.6) is 17.2 Å². The topological polar surface area (TPSA) is 54.0 Å². The highest BCUT2D eigenvalue weighted by Gasteiger charge is 2.16. The van der Waals surface area contributed by atoms with Crippen molar-refractivity contribution in [1.29, 1.82) is 0 Å². The standard InChI is InChI=1S/C16H13ClO5/c1-19-13-5-3-11(17)7-12(13)16(18)20-8-10-2-4-14-15(6-10)22-9-21-14/h2-7H,8-9H2,1H3. The summed E-state index contributed by atoms with van der Waals surface area (Å²) < 4.78 is 20.9. The van der Waals surface area contributed by atoms with E-state index in [0.717, 1.165) is 5.56 Å². The Morgan fingerprint density at radius 2 is 2.00 bits per heavy atom. The van der Waals surface area contributed by atoms with Gasteiger partial charge < -0.3 is 18.9 Å². The van der Waals surface area contributed by atoms with E-state index in [4.69, 9.17) is 30.5 Å². The van der Waals surface area contributed by atoms with Crippen molar-refractivity contribution in [1.82, 2.24) is 0 Å².